The third kappa shape index (κ3) is 7.84. The van der Waals surface area contributed by atoms with E-state index >= 15 is 0 Å². The molecule has 0 saturated heterocycles. The van der Waals surface area contributed by atoms with E-state index in [9.17, 15) is 0 Å². The van der Waals surface area contributed by atoms with Crippen molar-refractivity contribution in [2.24, 2.45) is 11.3 Å². The van der Waals surface area contributed by atoms with Crippen molar-refractivity contribution >= 4 is 6.48 Å². The van der Waals surface area contributed by atoms with Gasteiger partial charge < -0.3 is 24.8 Å². The molecule has 1 atom stereocenters. The zero-order chi connectivity index (χ0) is 33.5. The first-order chi connectivity index (χ1) is 19.8. The first kappa shape index (κ1) is 41.4. The Labute approximate surface area is 304 Å². The summed E-state index contributed by atoms with van der Waals surface area (Å²) in [5, 5.41) is 0. The average molecular weight is 743 g/mol. The van der Waals surface area contributed by atoms with Gasteiger partial charge in [-0.05, 0) is 0 Å². The fourth-order valence-electron chi connectivity index (χ4n) is 7.64. The number of hydrogen-bond donors (Lipinski definition) is 0. The van der Waals surface area contributed by atoms with Gasteiger partial charge in [0, 0.05) is 0 Å². The third-order valence-corrected chi connectivity index (χ3v) is 17.7. The number of fused-ring (bicyclic) bond motifs is 3. The van der Waals surface area contributed by atoms with Crippen LogP contribution in [0.15, 0.2) is 39.2 Å². The molecule has 0 amide bonds. The van der Waals surface area contributed by atoms with Gasteiger partial charge in [-0.15, -0.1) is 0 Å². The molecule has 0 N–H and O–H groups in total. The molecule has 0 saturated carbocycles. The quantitative estimate of drug-likeness (QED) is 0.318. The van der Waals surface area contributed by atoms with Gasteiger partial charge in [0.1, 0.15) is 0 Å². The first-order valence-electron chi connectivity index (χ1n) is 17.3. The topological polar surface area (TPSA) is 0 Å². The summed E-state index contributed by atoms with van der Waals surface area (Å²) in [6, 6.07) is 7.88. The maximum atomic E-state index is 2.69. The predicted octanol–water partition coefficient (Wildman–Crippen LogP) is 5.81. The van der Waals surface area contributed by atoms with Crippen LogP contribution in [0.4, 0.5) is 0 Å². The van der Waals surface area contributed by atoms with Gasteiger partial charge >= 0.3 is 282 Å². The molecule has 0 heterocycles. The maximum Gasteiger partial charge on any atom is -1.00 e. The minimum Gasteiger partial charge on any atom is -1.00 e. The zero-order valence-corrected chi connectivity index (χ0v) is 36.6. The molecule has 4 rings (SSSR count). The van der Waals surface area contributed by atoms with E-state index in [0.29, 0.717) is 5.92 Å². The number of hydrogen-bond acceptors (Lipinski definition) is 0. The average Bonchev–Trinajstić information content (AvgIpc) is 3.41. The van der Waals surface area contributed by atoms with E-state index in [1.165, 1.54) is 28.7 Å². The molecule has 0 spiro atoms. The minimum atomic E-state index is -2.51. The van der Waals surface area contributed by atoms with Crippen molar-refractivity contribution in [3.8, 4) is 11.1 Å². The number of halogens is 2. The Balaban J connectivity index is 0.00000368. The van der Waals surface area contributed by atoms with Crippen LogP contribution in [0.3, 0.4) is 0 Å². The molecule has 0 aliphatic heterocycles. The second-order valence-corrected chi connectivity index (χ2v) is 26.2. The van der Waals surface area contributed by atoms with Gasteiger partial charge in [-0.1, -0.05) is 0 Å². The molecule has 1 unspecified atom stereocenters. The van der Waals surface area contributed by atoms with Crippen molar-refractivity contribution in [2.45, 2.75) is 159 Å². The van der Waals surface area contributed by atoms with E-state index in [1.807, 2.05) is 0 Å². The Bertz CT molecular complexity index is 1570. The number of rotatable bonds is 3. The van der Waals surface area contributed by atoms with E-state index in [1.54, 1.807) is 37.6 Å². The van der Waals surface area contributed by atoms with Crippen LogP contribution in [-0.4, -0.2) is 3.21 Å². The van der Waals surface area contributed by atoms with Gasteiger partial charge in [0.05, 0.1) is 0 Å². The Morgan fingerprint density at radius 2 is 1.13 bits per heavy atom. The molecule has 2 aromatic rings. The molecular weight excluding hydrogens is 679 g/mol. The van der Waals surface area contributed by atoms with E-state index < -0.39 is 21.3 Å². The maximum absolute atomic E-state index is 2.69. The monoisotopic (exact) mass is 740 g/mol. The smallest absolute Gasteiger partial charge is 1.00 e. The molecule has 3 heteroatoms. The van der Waals surface area contributed by atoms with E-state index in [4.69, 9.17) is 0 Å². The molecule has 0 radical (unpaired) electrons. The predicted molar refractivity (Wildman–Crippen MR) is 195 cm³/mol. The normalized spacial score (nSPS) is 16.4. The van der Waals surface area contributed by atoms with Crippen LogP contribution >= 0.6 is 0 Å². The van der Waals surface area contributed by atoms with Gasteiger partial charge in [-0.3, -0.25) is 0 Å². The van der Waals surface area contributed by atoms with Crippen LogP contribution in [0.5, 0.6) is 0 Å². The van der Waals surface area contributed by atoms with E-state index in [2.05, 4.69) is 155 Å². The van der Waals surface area contributed by atoms with Crippen LogP contribution in [0.2, 0.25) is 0 Å². The van der Waals surface area contributed by atoms with Crippen molar-refractivity contribution in [1.29, 1.82) is 0 Å². The van der Waals surface area contributed by atoms with Crippen LogP contribution in [0.25, 0.3) is 11.1 Å². The fourth-order valence-corrected chi connectivity index (χ4v) is 16.5. The van der Waals surface area contributed by atoms with Gasteiger partial charge in [0.15, 0.2) is 0 Å². The molecule has 2 aliphatic carbocycles. The first-order valence-corrected chi connectivity index (χ1v) is 21.0. The van der Waals surface area contributed by atoms with Gasteiger partial charge in [0.2, 0.25) is 0 Å². The van der Waals surface area contributed by atoms with Crippen molar-refractivity contribution in [3.05, 3.63) is 72.6 Å². The van der Waals surface area contributed by atoms with E-state index in [-0.39, 0.29) is 51.9 Å². The number of benzene rings is 2. The third-order valence-electron chi connectivity index (χ3n) is 9.95. The second-order valence-electron chi connectivity index (χ2n) is 19.3. The molecule has 0 aromatic heterocycles. The summed E-state index contributed by atoms with van der Waals surface area (Å²) < 4.78 is 5.32. The van der Waals surface area contributed by atoms with Crippen LogP contribution < -0.4 is 28.1 Å². The summed E-state index contributed by atoms with van der Waals surface area (Å²) in [7, 11) is 0. The fraction of sp³-hybridized carbons (Fsp3) is 0.605. The van der Waals surface area contributed by atoms with Crippen molar-refractivity contribution in [1.82, 2.24) is 0 Å². The summed E-state index contributed by atoms with van der Waals surface area (Å²) in [6.07, 6.45) is 7.60. The Hall–Kier alpha value is -0.747. The van der Waals surface area contributed by atoms with Crippen molar-refractivity contribution < 1.29 is 46.1 Å². The van der Waals surface area contributed by atoms with E-state index in [0.717, 1.165) is 6.42 Å². The molecule has 2 aromatic carbocycles. The van der Waals surface area contributed by atoms with Crippen LogP contribution in [0, 0.1) is 11.3 Å². The standard InChI is InChI=1S/C29H41.C11H17.C3H6.2ClH.Zr/c1-26(2,3)22-14-18-13-19-15-23(27(4,5)6)25(29(10,11)12)17-21(19)20(18)16-24(22)28(7,8)9;1-5-9-6-7-10(8-9)11(2,3)4;1-3-2;;;/h14,16-17H,13H2,1-12H3;7-9H,5H2,1-4H3;1-2H3;2*1H;/q;;;;;+2/p-2. The second kappa shape index (κ2) is 13.5. The largest absolute Gasteiger partial charge is 1.00 e. The van der Waals surface area contributed by atoms with Gasteiger partial charge in [-0.25, -0.2) is 0 Å². The molecule has 0 nitrogen and oxygen atoms in total. The van der Waals surface area contributed by atoms with Crippen LogP contribution in [-0.2, 0) is 49.3 Å². The molecule has 46 heavy (non-hydrogen) atoms. The molecule has 0 fully saturated rings. The zero-order valence-electron chi connectivity index (χ0n) is 32.6. The summed E-state index contributed by atoms with van der Waals surface area (Å²) in [5.41, 5.74) is 14.6. The molecule has 0 bridgehead atoms. The van der Waals surface area contributed by atoms with Crippen molar-refractivity contribution in [3.63, 3.8) is 0 Å². The summed E-state index contributed by atoms with van der Waals surface area (Å²) in [6.45, 7) is 43.7. The Kier molecular flexibility index (Phi) is 12.2. The molecular formula is C43H64Cl2Zr. The SMILES string of the molecule is CCC1C=C(C(C)(C)C)C=[C]1[Zr+2](=[C](C)C)[c]1c2c(cc(C(C)(C)C)c1C(C)(C)C)-c1cc(C(C)(C)C)c(C(C)(C)C)cc1C2.[Cl-].[Cl-]. The van der Waals surface area contributed by atoms with Gasteiger partial charge in [0.25, 0.3) is 0 Å². The van der Waals surface area contributed by atoms with Crippen molar-refractivity contribution in [2.75, 3.05) is 0 Å². The van der Waals surface area contributed by atoms with Crippen LogP contribution in [0.1, 0.15) is 164 Å². The number of allylic oxidation sites excluding steroid dienone is 4. The summed E-state index contributed by atoms with van der Waals surface area (Å²) in [4.78, 5) is 0. The summed E-state index contributed by atoms with van der Waals surface area (Å²) >= 11 is -2.51. The molecule has 2 aliphatic rings. The summed E-state index contributed by atoms with van der Waals surface area (Å²) in [5.74, 6) is 0.569. The Morgan fingerprint density at radius 3 is 1.54 bits per heavy atom. The molecule has 254 valence electrons. The van der Waals surface area contributed by atoms with Gasteiger partial charge in [-0.2, -0.15) is 0 Å². The Morgan fingerprint density at radius 1 is 0.652 bits per heavy atom. The minimum absolute atomic E-state index is 0.